The Morgan fingerprint density at radius 1 is 0.808 bits per heavy atom. The van der Waals surface area contributed by atoms with Crippen molar-refractivity contribution in [2.24, 2.45) is 0 Å². The topological polar surface area (TPSA) is 105 Å². The molecular weight excluding hydrogens is 673 g/mol. The number of nitrogens with zero attached hydrogens (tertiary/aromatic N) is 2. The van der Waals surface area contributed by atoms with Crippen molar-refractivity contribution in [3.8, 4) is 5.75 Å². The van der Waals surface area contributed by atoms with Gasteiger partial charge in [0.1, 0.15) is 18.6 Å². The van der Waals surface area contributed by atoms with E-state index in [1.54, 1.807) is 24.3 Å². The standard InChI is InChI=1S/C28H50B14ClN5O3S/c1-13-10-18(19(11-15(13)14-6-8-44-9-7-14)51-23(29,25(31,32)33)26(34,35)36)47-22-45-12-16(43)21(48-22)46-17-4-2-3-5-20(17)52(49,50)24(30,27(37,38)39)28(40,41)42/h2-5,10-12,14,44H,6-9,29-42H2,1H3,(H2,45,46,47,48). The fraction of sp³-hybridized carbons (Fsp3) is 0.429. The summed E-state index contributed by atoms with van der Waals surface area (Å²) >= 11 is 6.71. The van der Waals surface area contributed by atoms with Crippen LogP contribution in [0.5, 0.6) is 5.75 Å². The van der Waals surface area contributed by atoms with Crippen LogP contribution in [0, 0.1) is 6.92 Å². The zero-order valence-electron chi connectivity index (χ0n) is 34.4. The Morgan fingerprint density at radius 3 is 1.90 bits per heavy atom. The molecule has 0 atom stereocenters. The van der Waals surface area contributed by atoms with E-state index in [1.165, 1.54) is 17.3 Å². The molecule has 0 radical (unpaired) electrons. The number of rotatable bonds is 13. The predicted octanol–water partition coefficient (Wildman–Crippen LogP) is -7.90. The molecule has 8 nitrogen and oxygen atoms in total. The molecule has 3 aromatic rings. The Balaban J connectivity index is 1.81. The van der Waals surface area contributed by atoms with E-state index in [9.17, 15) is 8.42 Å². The van der Waals surface area contributed by atoms with Crippen LogP contribution in [0.4, 0.5) is 23.1 Å². The maximum absolute atomic E-state index is 14.7. The molecule has 1 saturated heterocycles. The molecule has 3 N–H and O–H groups in total. The summed E-state index contributed by atoms with van der Waals surface area (Å²) in [6, 6.07) is 11.3. The molecular formula is C28H50B14ClN5O3S. The van der Waals surface area contributed by atoms with Crippen LogP contribution in [-0.4, -0.2) is 151 Å². The summed E-state index contributed by atoms with van der Waals surface area (Å²) in [5.74, 6) is 1.76. The van der Waals surface area contributed by atoms with Crippen molar-refractivity contribution in [1.29, 1.82) is 0 Å². The van der Waals surface area contributed by atoms with Crippen molar-refractivity contribution in [3.63, 3.8) is 0 Å². The summed E-state index contributed by atoms with van der Waals surface area (Å²) in [5.41, 5.74) is 3.06. The monoisotopic (exact) mass is 725 g/mol. The van der Waals surface area contributed by atoms with E-state index in [0.29, 0.717) is 17.6 Å². The lowest BCUT2D eigenvalue weighted by molar-refractivity contribution is 0.159. The third-order valence-electron chi connectivity index (χ3n) is 12.1. The highest BCUT2D eigenvalue weighted by Crippen LogP contribution is 2.51. The first-order chi connectivity index (χ1) is 23.7. The van der Waals surface area contributed by atoms with Crippen LogP contribution in [0.25, 0.3) is 0 Å². The Bertz CT molecular complexity index is 1870. The summed E-state index contributed by atoms with van der Waals surface area (Å²) < 4.78 is 35.4. The number of nitrogens with one attached hydrogen (secondary N) is 3. The van der Waals surface area contributed by atoms with Crippen molar-refractivity contribution < 1.29 is 13.2 Å². The number of hydrogen-bond acceptors (Lipinski definition) is 8. The predicted molar refractivity (Wildman–Crippen MR) is 260 cm³/mol. The van der Waals surface area contributed by atoms with Gasteiger partial charge in [0.15, 0.2) is 23.5 Å². The van der Waals surface area contributed by atoms with Crippen molar-refractivity contribution in [2.75, 3.05) is 23.7 Å². The van der Waals surface area contributed by atoms with Gasteiger partial charge >= 0.3 is 0 Å². The molecule has 0 saturated carbocycles. The first kappa shape index (κ1) is 42.8. The molecule has 0 unspecified atom stereocenters. The average Bonchev–Trinajstić information content (AvgIpc) is 3.01. The van der Waals surface area contributed by atoms with E-state index in [0.717, 1.165) is 37.4 Å². The van der Waals surface area contributed by atoms with Crippen LogP contribution >= 0.6 is 11.6 Å². The largest absolute Gasteiger partial charge is 0.498 e. The molecule has 2 heterocycles. The number of benzene rings is 2. The van der Waals surface area contributed by atoms with E-state index in [2.05, 4.69) is 94.9 Å². The minimum atomic E-state index is -3.89. The number of aryl methyl sites for hydroxylation is 1. The van der Waals surface area contributed by atoms with Gasteiger partial charge in [0.2, 0.25) is 5.95 Å². The molecule has 2 aromatic carbocycles. The van der Waals surface area contributed by atoms with Crippen LogP contribution in [-0.2, 0) is 9.84 Å². The first-order valence-corrected chi connectivity index (χ1v) is 20.5. The SMILES string of the molecule is BC(B)(B)C(B)(Oc1cc(C2CCNCC2)c(C)cc1Nc1ncc(Cl)c(Nc2ccccc2S(=O)(=O)C(B)(C(B)(B)B)C(B)(B)B)n1)C(B)(B)B. The average molecular weight is 724 g/mol. The summed E-state index contributed by atoms with van der Waals surface area (Å²) in [5, 5.41) is 8.94. The molecule has 260 valence electrons. The Kier molecular flexibility index (Phi) is 12.3. The van der Waals surface area contributed by atoms with Crippen molar-refractivity contribution in [1.82, 2.24) is 15.3 Å². The van der Waals surface area contributed by atoms with E-state index in [-0.39, 0.29) is 26.0 Å². The van der Waals surface area contributed by atoms with Gasteiger partial charge in [-0.2, -0.15) is 4.98 Å². The highest BCUT2D eigenvalue weighted by atomic mass is 35.5. The van der Waals surface area contributed by atoms with Gasteiger partial charge in [0.05, 0.1) is 117 Å². The molecule has 0 spiro atoms. The smallest absolute Gasteiger partial charge is 0.229 e. The second-order valence-corrected chi connectivity index (χ2v) is 21.7. The summed E-state index contributed by atoms with van der Waals surface area (Å²) in [7, 11) is 25.4. The molecule has 1 aliphatic heterocycles. The van der Waals surface area contributed by atoms with Crippen LogP contribution in [0.1, 0.15) is 29.9 Å². The molecule has 1 aromatic heterocycles. The second kappa shape index (κ2) is 14.9. The first-order valence-electron chi connectivity index (χ1n) is 18.6. The molecule has 0 bridgehead atoms. The van der Waals surface area contributed by atoms with Crippen molar-refractivity contribution in [3.05, 3.63) is 58.7 Å². The second-order valence-electron chi connectivity index (χ2n) is 19.0. The van der Waals surface area contributed by atoms with Gasteiger partial charge in [-0.1, -0.05) is 34.0 Å². The number of ether oxygens (including phenoxy) is 1. The maximum Gasteiger partial charge on any atom is 0.229 e. The highest BCUT2D eigenvalue weighted by Gasteiger charge is 2.55. The Hall–Kier alpha value is -1.97. The van der Waals surface area contributed by atoms with E-state index in [4.69, 9.17) is 21.3 Å². The fourth-order valence-corrected chi connectivity index (χ4v) is 10.7. The van der Waals surface area contributed by atoms with Gasteiger partial charge in [-0.15, -0.1) is 10.2 Å². The third-order valence-corrected chi connectivity index (χ3v) is 15.7. The van der Waals surface area contributed by atoms with Gasteiger partial charge in [0, 0.05) is 10.1 Å². The quantitative estimate of drug-likeness (QED) is 0.150. The Labute approximate surface area is 330 Å². The molecule has 4 rings (SSSR count). The zero-order chi connectivity index (χ0) is 39.3. The van der Waals surface area contributed by atoms with E-state index in [1.807, 2.05) is 54.9 Å². The number of piperidine rings is 1. The lowest BCUT2D eigenvalue weighted by Gasteiger charge is -2.53. The number of para-hydroxylation sites is 1. The minimum absolute atomic E-state index is 0.190. The minimum Gasteiger partial charge on any atom is -0.498 e. The van der Waals surface area contributed by atoms with Gasteiger partial charge < -0.3 is 20.7 Å². The molecule has 1 aliphatic rings. The van der Waals surface area contributed by atoms with Gasteiger partial charge in [-0.25, -0.2) is 13.4 Å². The number of sulfone groups is 1. The highest BCUT2D eigenvalue weighted by molar-refractivity contribution is 7.95. The molecule has 1 fully saturated rings. The maximum atomic E-state index is 14.7. The zero-order valence-corrected chi connectivity index (χ0v) is 35.9. The molecule has 24 heteroatoms. The molecule has 0 aliphatic carbocycles. The van der Waals surface area contributed by atoms with Gasteiger partial charge in [-0.3, -0.25) is 0 Å². The van der Waals surface area contributed by atoms with Crippen molar-refractivity contribution in [2.45, 2.75) is 61.2 Å². The number of halogens is 1. The lowest BCUT2D eigenvalue weighted by atomic mass is 9.19. The molecule has 52 heavy (non-hydrogen) atoms. The van der Waals surface area contributed by atoms with E-state index < -0.39 is 30.2 Å². The lowest BCUT2D eigenvalue weighted by Crippen LogP contribution is -2.60. The van der Waals surface area contributed by atoms with Crippen LogP contribution in [0.3, 0.4) is 0 Å². The number of hydrogen-bond donors (Lipinski definition) is 3. The molecule has 0 amide bonds. The summed E-state index contributed by atoms with van der Waals surface area (Å²) in [6.07, 6.45) is 3.66. The van der Waals surface area contributed by atoms with Crippen molar-refractivity contribution >= 4 is 154 Å². The number of anilines is 4. The van der Waals surface area contributed by atoms with Crippen LogP contribution in [0.15, 0.2) is 47.5 Å². The Morgan fingerprint density at radius 2 is 1.37 bits per heavy atom. The van der Waals surface area contributed by atoms with Crippen LogP contribution < -0.4 is 20.7 Å². The summed E-state index contributed by atoms with van der Waals surface area (Å²) in [6.45, 7) is 4.13. The normalized spacial score (nSPS) is 15.5. The van der Waals surface area contributed by atoms with Gasteiger partial charge in [-0.05, 0) is 74.2 Å². The third kappa shape index (κ3) is 8.17. The fourth-order valence-electron chi connectivity index (χ4n) is 7.83. The number of aromatic nitrogens is 2. The van der Waals surface area contributed by atoms with Gasteiger partial charge in [0.25, 0.3) is 0 Å². The van der Waals surface area contributed by atoms with E-state index >= 15 is 0 Å². The van der Waals surface area contributed by atoms with Crippen LogP contribution in [0.2, 0.25) is 25.5 Å². The summed E-state index contributed by atoms with van der Waals surface area (Å²) in [4.78, 5) is 9.54.